The summed E-state index contributed by atoms with van der Waals surface area (Å²) in [6, 6.07) is 0.397. The van der Waals surface area contributed by atoms with E-state index in [2.05, 4.69) is 44.1 Å². The first-order chi connectivity index (χ1) is 24.0. The number of carbonyl (C=O) groups is 1. The third-order valence-corrected chi connectivity index (χ3v) is 11.6. The highest BCUT2D eigenvalue weighted by Gasteiger charge is 2.65. The molecule has 2 saturated carbocycles. The average molecular weight is 701 g/mol. The van der Waals surface area contributed by atoms with Gasteiger partial charge >= 0.3 is 0 Å². The number of carbonyl (C=O) groups excluding carboxylic acids is 1. The molecule has 0 amide bonds. The Kier molecular flexibility index (Phi) is 20.3. The van der Waals surface area contributed by atoms with Gasteiger partial charge in [-0.05, 0) is 122 Å². The zero-order valence-corrected chi connectivity index (χ0v) is 32.3. The standard InChI is InChI=1S/C42H72N2O6/c1-8-9-10-19-39(47)36(17-12-15-31(2)14-11-16-32(3)29-44-34(5)22-28-50-7)37-21-24-42(40(37)48)38(18-13-27-45)35(33(4)30-46)20-23-41(42,49)25-26-43-6/h12,15-17,30,34,37-40,43-45,47-49H,2,8-11,13-14,18-29H2,1,3-7H3. The van der Waals surface area contributed by atoms with Crippen LogP contribution in [0.1, 0.15) is 118 Å². The Morgan fingerprint density at radius 3 is 2.60 bits per heavy atom. The quantitative estimate of drug-likeness (QED) is 0.0221. The summed E-state index contributed by atoms with van der Waals surface area (Å²) in [4.78, 5) is 12.1. The van der Waals surface area contributed by atoms with Crippen LogP contribution in [-0.4, -0.2) is 91.0 Å². The Bertz CT molecular complexity index is 1160. The lowest BCUT2D eigenvalue weighted by Crippen LogP contribution is -2.61. The number of aldehydes is 1. The van der Waals surface area contributed by atoms with Gasteiger partial charge in [0, 0.05) is 44.2 Å². The molecule has 6 N–H and O–H groups in total. The van der Waals surface area contributed by atoms with Crippen molar-refractivity contribution in [3.05, 3.63) is 58.7 Å². The second-order valence-corrected chi connectivity index (χ2v) is 15.1. The van der Waals surface area contributed by atoms with E-state index < -0.39 is 23.2 Å². The first-order valence-electron chi connectivity index (χ1n) is 19.4. The van der Waals surface area contributed by atoms with Crippen molar-refractivity contribution in [2.24, 2.45) is 17.3 Å². The van der Waals surface area contributed by atoms with Crippen LogP contribution in [0.2, 0.25) is 0 Å². The minimum atomic E-state index is -1.16. The Morgan fingerprint density at radius 1 is 1.18 bits per heavy atom. The van der Waals surface area contributed by atoms with Crippen LogP contribution in [0.25, 0.3) is 0 Å². The van der Waals surface area contributed by atoms with Crippen LogP contribution in [0.15, 0.2) is 58.7 Å². The number of rotatable bonds is 24. The fourth-order valence-corrected chi connectivity index (χ4v) is 8.57. The Morgan fingerprint density at radius 2 is 1.94 bits per heavy atom. The maximum Gasteiger partial charge on any atom is 0.145 e. The third kappa shape index (κ3) is 12.1. The van der Waals surface area contributed by atoms with Gasteiger partial charge in [-0.15, -0.1) is 0 Å². The lowest BCUT2D eigenvalue weighted by atomic mass is 9.51. The molecule has 2 aliphatic rings. The number of allylic oxidation sites excluding steroid dienone is 7. The number of unbranched alkanes of at least 4 members (excludes halogenated alkanes) is 2. The highest BCUT2D eigenvalue weighted by atomic mass is 16.5. The zero-order chi connectivity index (χ0) is 37.2. The molecule has 0 aromatic carbocycles. The molecular weight excluding hydrogens is 628 g/mol. The van der Waals surface area contributed by atoms with E-state index in [1.54, 1.807) is 7.11 Å². The summed E-state index contributed by atoms with van der Waals surface area (Å²) in [5.41, 5.74) is 2.68. The Hall–Kier alpha value is -1.91. The molecule has 8 nitrogen and oxygen atoms in total. The van der Waals surface area contributed by atoms with Gasteiger partial charge in [-0.3, -0.25) is 4.79 Å². The van der Waals surface area contributed by atoms with Crippen molar-refractivity contribution >= 4 is 6.29 Å². The molecular formula is C42H72N2O6. The molecule has 0 aliphatic heterocycles. The lowest BCUT2D eigenvalue weighted by molar-refractivity contribution is -0.181. The number of nitrogens with one attached hydrogen (secondary N) is 2. The van der Waals surface area contributed by atoms with Crippen molar-refractivity contribution in [3.63, 3.8) is 0 Å². The molecule has 7 atom stereocenters. The average Bonchev–Trinajstić information content (AvgIpc) is 3.44. The number of hydrogen-bond donors (Lipinski definition) is 6. The van der Waals surface area contributed by atoms with E-state index in [0.29, 0.717) is 69.5 Å². The van der Waals surface area contributed by atoms with E-state index in [9.17, 15) is 25.2 Å². The zero-order valence-electron chi connectivity index (χ0n) is 32.3. The van der Waals surface area contributed by atoms with E-state index in [1.165, 1.54) is 5.57 Å². The summed E-state index contributed by atoms with van der Waals surface area (Å²) in [6.07, 6.45) is 17.6. The molecule has 2 rings (SSSR count). The van der Waals surface area contributed by atoms with E-state index in [1.807, 2.05) is 32.2 Å². The predicted octanol–water partition coefficient (Wildman–Crippen LogP) is 6.50. The lowest BCUT2D eigenvalue weighted by Gasteiger charge is -2.57. The van der Waals surface area contributed by atoms with Gasteiger partial charge in [0.1, 0.15) is 6.29 Å². The smallest absolute Gasteiger partial charge is 0.145 e. The molecule has 0 bridgehead atoms. The number of methoxy groups -OCH3 is 1. The minimum Gasteiger partial charge on any atom is -0.396 e. The van der Waals surface area contributed by atoms with E-state index >= 15 is 0 Å². The second kappa shape index (κ2) is 22.9. The first-order valence-corrected chi connectivity index (χ1v) is 19.4. The van der Waals surface area contributed by atoms with Gasteiger partial charge in [-0.25, -0.2) is 0 Å². The predicted molar refractivity (Wildman–Crippen MR) is 206 cm³/mol. The van der Waals surface area contributed by atoms with Crippen LogP contribution in [0.3, 0.4) is 0 Å². The van der Waals surface area contributed by atoms with Crippen LogP contribution in [0.4, 0.5) is 0 Å². The normalized spacial score (nSPS) is 28.4. The van der Waals surface area contributed by atoms with E-state index in [-0.39, 0.29) is 18.4 Å². The number of aliphatic hydroxyl groups is 4. The van der Waals surface area contributed by atoms with Crippen molar-refractivity contribution in [2.75, 3.05) is 40.5 Å². The fraction of sp³-hybridized carbons (Fsp3) is 0.738. The highest BCUT2D eigenvalue weighted by Crippen LogP contribution is 2.64. The molecule has 0 saturated heterocycles. The van der Waals surface area contributed by atoms with Gasteiger partial charge in [0.2, 0.25) is 0 Å². The van der Waals surface area contributed by atoms with Crippen molar-refractivity contribution < 1.29 is 30.0 Å². The molecule has 50 heavy (non-hydrogen) atoms. The maximum atomic E-state index is 12.6. The Labute approximate surface area is 304 Å². The molecule has 1 spiro atoms. The Balaban J connectivity index is 2.38. The van der Waals surface area contributed by atoms with Crippen molar-refractivity contribution in [1.29, 1.82) is 0 Å². The summed E-state index contributed by atoms with van der Waals surface area (Å²) < 4.78 is 5.17. The molecule has 7 unspecified atom stereocenters. The molecule has 0 aromatic rings. The summed E-state index contributed by atoms with van der Waals surface area (Å²) in [7, 11) is 3.59. The molecule has 0 radical (unpaired) electrons. The molecule has 2 aliphatic carbocycles. The largest absolute Gasteiger partial charge is 0.396 e. The van der Waals surface area contributed by atoms with Gasteiger partial charge in [0.05, 0.1) is 17.8 Å². The first kappa shape index (κ1) is 44.3. The summed E-state index contributed by atoms with van der Waals surface area (Å²) >= 11 is 0. The number of ether oxygens (including phenoxy) is 1. The van der Waals surface area contributed by atoms with E-state index in [0.717, 1.165) is 74.7 Å². The SMILES string of the molecule is C=C(C=CC=C(C(O)CCCCC)C1CCC2(C(CCCO)C(=C(C)C=O)CCC2(O)CCNC)C1O)CCC=C(C)CNC(C)CCOC. The van der Waals surface area contributed by atoms with Gasteiger partial charge in [-0.2, -0.15) is 0 Å². The van der Waals surface area contributed by atoms with E-state index in [4.69, 9.17) is 4.74 Å². The molecule has 0 aromatic heterocycles. The van der Waals surface area contributed by atoms with Crippen molar-refractivity contribution in [1.82, 2.24) is 10.6 Å². The molecule has 0 heterocycles. The monoisotopic (exact) mass is 701 g/mol. The highest BCUT2D eigenvalue weighted by molar-refractivity contribution is 5.74. The molecule has 286 valence electrons. The van der Waals surface area contributed by atoms with Crippen LogP contribution in [0, 0.1) is 17.3 Å². The number of aliphatic hydroxyl groups excluding tert-OH is 3. The molecule has 2 fully saturated rings. The third-order valence-electron chi connectivity index (χ3n) is 11.6. The van der Waals surface area contributed by atoms with Crippen molar-refractivity contribution in [3.8, 4) is 0 Å². The van der Waals surface area contributed by atoms with Crippen LogP contribution in [-0.2, 0) is 9.53 Å². The maximum absolute atomic E-state index is 12.6. The van der Waals surface area contributed by atoms with Crippen molar-refractivity contribution in [2.45, 2.75) is 141 Å². The summed E-state index contributed by atoms with van der Waals surface area (Å²) in [5, 5.41) is 53.4. The number of hydrogen-bond acceptors (Lipinski definition) is 8. The fourth-order valence-electron chi connectivity index (χ4n) is 8.57. The van der Waals surface area contributed by atoms with Gasteiger partial charge in [-0.1, -0.05) is 73.8 Å². The van der Waals surface area contributed by atoms with Crippen LogP contribution >= 0.6 is 0 Å². The minimum absolute atomic E-state index is 0.00474. The van der Waals surface area contributed by atoms with Crippen LogP contribution in [0.5, 0.6) is 0 Å². The second-order valence-electron chi connectivity index (χ2n) is 15.1. The topological polar surface area (TPSA) is 131 Å². The van der Waals surface area contributed by atoms with Crippen LogP contribution < -0.4 is 10.6 Å². The summed E-state index contributed by atoms with van der Waals surface area (Å²) in [5.74, 6) is -0.591. The van der Waals surface area contributed by atoms with Gasteiger partial charge < -0.3 is 35.8 Å². The molecule has 8 heteroatoms. The summed E-state index contributed by atoms with van der Waals surface area (Å²) in [6.45, 7) is 14.8. The van der Waals surface area contributed by atoms with Gasteiger partial charge in [0.15, 0.2) is 0 Å². The van der Waals surface area contributed by atoms with Gasteiger partial charge in [0.25, 0.3) is 0 Å².